The summed E-state index contributed by atoms with van der Waals surface area (Å²) < 4.78 is 13.1. The first kappa shape index (κ1) is 14.8. The van der Waals surface area contributed by atoms with Crippen molar-refractivity contribution in [3.8, 4) is 0 Å². The first-order valence-electron chi connectivity index (χ1n) is 7.52. The third kappa shape index (κ3) is 2.92. The quantitative estimate of drug-likeness (QED) is 0.944. The topological polar surface area (TPSA) is 69.3 Å². The van der Waals surface area contributed by atoms with E-state index in [1.165, 1.54) is 0 Å². The summed E-state index contributed by atoms with van der Waals surface area (Å²) in [5.74, 6) is 1.27. The Kier molecular flexibility index (Phi) is 4.02. The third-order valence-electron chi connectivity index (χ3n) is 3.98. The summed E-state index contributed by atoms with van der Waals surface area (Å²) >= 11 is 0. The summed E-state index contributed by atoms with van der Waals surface area (Å²) in [4.78, 5) is 12.5. The van der Waals surface area contributed by atoms with Crippen LogP contribution in [-0.4, -0.2) is 28.3 Å². The van der Waals surface area contributed by atoms with Crippen molar-refractivity contribution in [1.82, 2.24) is 15.1 Å². The normalized spacial score (nSPS) is 21.8. The van der Waals surface area contributed by atoms with Crippen LogP contribution in [0.4, 0.5) is 0 Å². The molecule has 0 aromatic carbocycles. The van der Waals surface area contributed by atoms with Gasteiger partial charge in [-0.15, -0.1) is 0 Å². The lowest BCUT2D eigenvalue weighted by molar-refractivity contribution is -0.00951. The summed E-state index contributed by atoms with van der Waals surface area (Å²) in [6.07, 6.45) is 5.40. The molecule has 3 heterocycles. The standard InChI is InChI=1S/C16H21N3O3/c1-10-7-13(11(2)22-10)16(20)18-14-5-4-6-21-15(14)12-8-17-19(3)9-12/h7-9,14-15H,4-6H2,1-3H3,(H,18,20)/t14-,15+/m0/s1. The maximum absolute atomic E-state index is 12.5. The van der Waals surface area contributed by atoms with Crippen LogP contribution in [-0.2, 0) is 11.8 Å². The van der Waals surface area contributed by atoms with Crippen molar-refractivity contribution in [3.05, 3.63) is 41.1 Å². The molecule has 1 fully saturated rings. The number of aromatic nitrogens is 2. The second-order valence-electron chi connectivity index (χ2n) is 5.79. The van der Waals surface area contributed by atoms with Crippen LogP contribution in [0.2, 0.25) is 0 Å². The number of carbonyl (C=O) groups is 1. The van der Waals surface area contributed by atoms with Crippen molar-refractivity contribution in [2.45, 2.75) is 38.8 Å². The Balaban J connectivity index is 1.77. The predicted molar refractivity (Wildman–Crippen MR) is 80.6 cm³/mol. The van der Waals surface area contributed by atoms with Crippen LogP contribution in [0.1, 0.15) is 46.4 Å². The molecule has 6 nitrogen and oxygen atoms in total. The molecular weight excluding hydrogens is 282 g/mol. The number of amides is 1. The first-order chi connectivity index (χ1) is 10.5. The van der Waals surface area contributed by atoms with E-state index in [4.69, 9.17) is 9.15 Å². The fraction of sp³-hybridized carbons (Fsp3) is 0.500. The Morgan fingerprint density at radius 2 is 2.27 bits per heavy atom. The number of furan rings is 1. The number of nitrogens with zero attached hydrogens (tertiary/aromatic N) is 2. The van der Waals surface area contributed by atoms with Crippen molar-refractivity contribution in [2.24, 2.45) is 7.05 Å². The molecule has 118 valence electrons. The van der Waals surface area contributed by atoms with Crippen LogP contribution in [0.3, 0.4) is 0 Å². The van der Waals surface area contributed by atoms with Gasteiger partial charge in [0.2, 0.25) is 0 Å². The van der Waals surface area contributed by atoms with Gasteiger partial charge >= 0.3 is 0 Å². The molecule has 2 aromatic heterocycles. The number of ether oxygens (including phenoxy) is 1. The Hall–Kier alpha value is -2.08. The second kappa shape index (κ2) is 5.96. The van der Waals surface area contributed by atoms with E-state index in [0.717, 1.165) is 24.2 Å². The monoisotopic (exact) mass is 303 g/mol. The molecule has 0 unspecified atom stereocenters. The van der Waals surface area contributed by atoms with Gasteiger partial charge in [-0.05, 0) is 32.8 Å². The van der Waals surface area contributed by atoms with Gasteiger partial charge in [-0.1, -0.05) is 0 Å². The molecule has 0 spiro atoms. The number of hydrogen-bond donors (Lipinski definition) is 1. The van der Waals surface area contributed by atoms with E-state index >= 15 is 0 Å². The van der Waals surface area contributed by atoms with Gasteiger partial charge in [0.25, 0.3) is 5.91 Å². The Bertz CT molecular complexity index is 674. The molecule has 22 heavy (non-hydrogen) atoms. The van der Waals surface area contributed by atoms with E-state index in [-0.39, 0.29) is 18.1 Å². The van der Waals surface area contributed by atoms with Crippen molar-refractivity contribution in [3.63, 3.8) is 0 Å². The van der Waals surface area contributed by atoms with Gasteiger partial charge in [0.05, 0.1) is 17.8 Å². The van der Waals surface area contributed by atoms with Crippen molar-refractivity contribution in [1.29, 1.82) is 0 Å². The van der Waals surface area contributed by atoms with E-state index in [1.54, 1.807) is 23.9 Å². The zero-order valence-electron chi connectivity index (χ0n) is 13.1. The minimum Gasteiger partial charge on any atom is -0.466 e. The van der Waals surface area contributed by atoms with Crippen molar-refractivity contribution < 1.29 is 13.9 Å². The highest BCUT2D eigenvalue weighted by molar-refractivity contribution is 5.95. The molecule has 0 saturated carbocycles. The van der Waals surface area contributed by atoms with Gasteiger partial charge in [-0.25, -0.2) is 0 Å². The van der Waals surface area contributed by atoms with Gasteiger partial charge in [0, 0.05) is 25.4 Å². The first-order valence-corrected chi connectivity index (χ1v) is 7.52. The zero-order valence-corrected chi connectivity index (χ0v) is 13.1. The fourth-order valence-electron chi connectivity index (χ4n) is 2.95. The maximum atomic E-state index is 12.5. The van der Waals surface area contributed by atoms with Crippen molar-refractivity contribution >= 4 is 5.91 Å². The molecular formula is C16H21N3O3. The average molecular weight is 303 g/mol. The summed E-state index contributed by atoms with van der Waals surface area (Å²) in [6, 6.07) is 1.72. The highest BCUT2D eigenvalue weighted by atomic mass is 16.5. The van der Waals surface area contributed by atoms with E-state index in [9.17, 15) is 4.79 Å². The second-order valence-corrected chi connectivity index (χ2v) is 5.79. The van der Waals surface area contributed by atoms with Gasteiger partial charge in [0.15, 0.2) is 0 Å². The van der Waals surface area contributed by atoms with Crippen LogP contribution in [0.5, 0.6) is 0 Å². The van der Waals surface area contributed by atoms with Gasteiger partial charge < -0.3 is 14.5 Å². The van der Waals surface area contributed by atoms with E-state index < -0.39 is 0 Å². The molecule has 6 heteroatoms. The van der Waals surface area contributed by atoms with Gasteiger partial charge in [0.1, 0.15) is 17.6 Å². The molecule has 3 rings (SSSR count). The molecule has 2 atom stereocenters. The molecule has 1 amide bonds. The molecule has 1 aliphatic heterocycles. The largest absolute Gasteiger partial charge is 0.466 e. The van der Waals surface area contributed by atoms with Crippen LogP contribution < -0.4 is 5.32 Å². The third-order valence-corrected chi connectivity index (χ3v) is 3.98. The van der Waals surface area contributed by atoms with Gasteiger partial charge in [-0.2, -0.15) is 5.10 Å². The Morgan fingerprint density at radius 3 is 2.91 bits per heavy atom. The number of hydrogen-bond acceptors (Lipinski definition) is 4. The number of aryl methyl sites for hydroxylation is 3. The van der Waals surface area contributed by atoms with Crippen LogP contribution in [0, 0.1) is 13.8 Å². The highest BCUT2D eigenvalue weighted by Crippen LogP contribution is 2.28. The molecule has 0 aliphatic carbocycles. The lowest BCUT2D eigenvalue weighted by atomic mass is 9.97. The summed E-state index contributed by atoms with van der Waals surface area (Å²) in [6.45, 7) is 4.35. The lowest BCUT2D eigenvalue weighted by Crippen LogP contribution is -2.42. The van der Waals surface area contributed by atoms with Crippen molar-refractivity contribution in [2.75, 3.05) is 6.61 Å². The molecule has 1 aliphatic rings. The summed E-state index contributed by atoms with van der Waals surface area (Å²) in [5, 5.41) is 7.28. The molecule has 0 bridgehead atoms. The van der Waals surface area contributed by atoms with E-state index in [1.807, 2.05) is 20.2 Å². The number of carbonyl (C=O) groups excluding carboxylic acids is 1. The van der Waals surface area contributed by atoms with Crippen LogP contribution in [0.25, 0.3) is 0 Å². The molecule has 2 aromatic rings. The van der Waals surface area contributed by atoms with E-state index in [2.05, 4.69) is 10.4 Å². The van der Waals surface area contributed by atoms with Crippen LogP contribution in [0.15, 0.2) is 22.9 Å². The zero-order chi connectivity index (χ0) is 15.7. The predicted octanol–water partition coefficient (Wildman–Crippen LogP) is 2.28. The highest BCUT2D eigenvalue weighted by Gasteiger charge is 2.30. The van der Waals surface area contributed by atoms with Crippen LogP contribution >= 0.6 is 0 Å². The molecule has 1 saturated heterocycles. The molecule has 1 N–H and O–H groups in total. The summed E-state index contributed by atoms with van der Waals surface area (Å²) in [5.41, 5.74) is 1.58. The lowest BCUT2D eigenvalue weighted by Gasteiger charge is -2.31. The molecule has 0 radical (unpaired) electrons. The number of nitrogens with one attached hydrogen (secondary N) is 1. The van der Waals surface area contributed by atoms with Gasteiger partial charge in [-0.3, -0.25) is 9.48 Å². The minimum absolute atomic E-state index is 0.0555. The minimum atomic E-state index is -0.153. The maximum Gasteiger partial charge on any atom is 0.255 e. The van der Waals surface area contributed by atoms with E-state index in [0.29, 0.717) is 17.9 Å². The Morgan fingerprint density at radius 1 is 1.45 bits per heavy atom. The smallest absolute Gasteiger partial charge is 0.255 e. The fourth-order valence-corrected chi connectivity index (χ4v) is 2.95. The summed E-state index contributed by atoms with van der Waals surface area (Å²) in [7, 11) is 1.87. The SMILES string of the molecule is Cc1cc(C(=O)N[C@H]2CCCO[C@@H]2c2cnn(C)c2)c(C)o1. The Labute approximate surface area is 129 Å². The number of rotatable bonds is 3. The average Bonchev–Trinajstić information content (AvgIpc) is 3.05.